The molecule has 2 N–H and O–H groups in total. The van der Waals surface area contributed by atoms with Gasteiger partial charge in [-0.15, -0.1) is 0 Å². The topological polar surface area (TPSA) is 79.9 Å². The first kappa shape index (κ1) is 16.3. The molecule has 1 unspecified atom stereocenters. The Morgan fingerprint density at radius 3 is 2.81 bits per heavy atom. The number of aromatic nitrogens is 3. The Hall–Kier alpha value is -3.15. The van der Waals surface area contributed by atoms with E-state index in [2.05, 4.69) is 32.6 Å². The van der Waals surface area contributed by atoms with E-state index in [1.165, 1.54) is 5.56 Å². The maximum absolute atomic E-state index is 12.1. The van der Waals surface area contributed by atoms with Crippen molar-refractivity contribution in [1.29, 1.82) is 0 Å². The zero-order chi connectivity index (χ0) is 17.9. The minimum absolute atomic E-state index is 0.0247. The Kier molecular flexibility index (Phi) is 4.39. The van der Waals surface area contributed by atoms with Gasteiger partial charge in [-0.05, 0) is 35.7 Å². The molecule has 1 aliphatic rings. The second-order valence-electron chi connectivity index (χ2n) is 6.38. The summed E-state index contributed by atoms with van der Waals surface area (Å²) < 4.78 is 5.32. The molecule has 1 amide bonds. The Morgan fingerprint density at radius 2 is 2.00 bits per heavy atom. The minimum Gasteiger partial charge on any atom is -0.497 e. The predicted octanol–water partition coefficient (Wildman–Crippen LogP) is 3.07. The first-order valence-corrected chi connectivity index (χ1v) is 8.66. The van der Waals surface area contributed by atoms with Gasteiger partial charge >= 0.3 is 0 Å². The molecule has 0 aliphatic carbocycles. The molecule has 0 radical (unpaired) electrons. The molecular formula is C20H20N4O2. The molecule has 6 heteroatoms. The molecule has 2 aromatic carbocycles. The lowest BCUT2D eigenvalue weighted by atomic mass is 9.90. The van der Waals surface area contributed by atoms with E-state index < -0.39 is 0 Å². The number of ether oxygens (including phenoxy) is 1. The highest BCUT2D eigenvalue weighted by atomic mass is 16.5. The summed E-state index contributed by atoms with van der Waals surface area (Å²) in [5, 5.41) is 10.3. The smallest absolute Gasteiger partial charge is 0.225 e. The van der Waals surface area contributed by atoms with Crippen molar-refractivity contribution in [1.82, 2.24) is 15.2 Å². The summed E-state index contributed by atoms with van der Waals surface area (Å²) in [6, 6.07) is 15.9. The van der Waals surface area contributed by atoms with E-state index in [0.29, 0.717) is 12.2 Å². The van der Waals surface area contributed by atoms with Crippen LogP contribution >= 0.6 is 0 Å². The summed E-state index contributed by atoms with van der Waals surface area (Å²) in [7, 11) is 1.63. The number of carbonyl (C=O) groups excluding carboxylic acids is 1. The molecule has 3 aromatic rings. The number of nitrogens with one attached hydrogen (secondary N) is 2. The quantitative estimate of drug-likeness (QED) is 0.743. The number of rotatable bonds is 5. The number of amides is 1. The van der Waals surface area contributed by atoms with Crippen LogP contribution in [0.25, 0.3) is 0 Å². The number of fused-ring (bicyclic) bond motifs is 1. The number of aromatic amines is 1. The molecule has 1 atom stereocenters. The number of nitrogens with zero attached hydrogens (tertiary/aromatic N) is 2. The summed E-state index contributed by atoms with van der Waals surface area (Å²) in [5.41, 5.74) is 3.04. The van der Waals surface area contributed by atoms with Gasteiger partial charge in [0.05, 0.1) is 13.0 Å². The molecule has 26 heavy (non-hydrogen) atoms. The number of hydrogen-bond donors (Lipinski definition) is 2. The first-order valence-electron chi connectivity index (χ1n) is 8.66. The van der Waals surface area contributed by atoms with Crippen LogP contribution in [0, 0.1) is 0 Å². The summed E-state index contributed by atoms with van der Waals surface area (Å²) >= 11 is 0. The molecule has 1 aliphatic heterocycles. The number of aryl methyl sites for hydroxylation is 2. The molecule has 0 bridgehead atoms. The van der Waals surface area contributed by atoms with Crippen LogP contribution in [-0.2, 0) is 17.6 Å². The Balaban J connectivity index is 1.56. The van der Waals surface area contributed by atoms with Crippen LogP contribution in [0.4, 0.5) is 5.69 Å². The third-order valence-corrected chi connectivity index (χ3v) is 4.65. The highest BCUT2D eigenvalue weighted by Gasteiger charge is 2.29. The summed E-state index contributed by atoms with van der Waals surface area (Å²) in [5.74, 6) is 2.04. The van der Waals surface area contributed by atoms with Crippen LogP contribution in [0.2, 0.25) is 0 Å². The molecule has 6 nitrogen and oxygen atoms in total. The molecule has 0 spiro atoms. The second-order valence-corrected chi connectivity index (χ2v) is 6.38. The molecule has 0 saturated carbocycles. The fourth-order valence-electron chi connectivity index (χ4n) is 3.28. The average Bonchev–Trinajstić information content (AvgIpc) is 3.15. The second kappa shape index (κ2) is 7.00. The molecular weight excluding hydrogens is 328 g/mol. The number of carbonyl (C=O) groups is 1. The monoisotopic (exact) mass is 348 g/mol. The SMILES string of the molecule is COc1ccc2c(c1)C(c1n[nH]c(CCc3ccccc3)n1)CC(=O)N2. The first-order chi connectivity index (χ1) is 12.7. The highest BCUT2D eigenvalue weighted by molar-refractivity contribution is 5.95. The van der Waals surface area contributed by atoms with Crippen molar-refractivity contribution >= 4 is 11.6 Å². The van der Waals surface area contributed by atoms with Crippen molar-refractivity contribution in [2.75, 3.05) is 12.4 Å². The van der Waals surface area contributed by atoms with Crippen LogP contribution in [0.5, 0.6) is 5.75 Å². The molecule has 132 valence electrons. The van der Waals surface area contributed by atoms with Gasteiger partial charge in [0, 0.05) is 18.5 Å². The van der Waals surface area contributed by atoms with Gasteiger partial charge in [0.1, 0.15) is 11.6 Å². The van der Waals surface area contributed by atoms with Crippen molar-refractivity contribution in [2.45, 2.75) is 25.2 Å². The zero-order valence-electron chi connectivity index (χ0n) is 14.5. The summed E-state index contributed by atoms with van der Waals surface area (Å²) in [6.45, 7) is 0. The lowest BCUT2D eigenvalue weighted by Gasteiger charge is -2.24. The number of methoxy groups -OCH3 is 1. The van der Waals surface area contributed by atoms with Crippen LogP contribution < -0.4 is 10.1 Å². The fraction of sp³-hybridized carbons (Fsp3) is 0.250. The van der Waals surface area contributed by atoms with Gasteiger partial charge in [-0.3, -0.25) is 9.89 Å². The van der Waals surface area contributed by atoms with Crippen molar-refractivity contribution in [3.05, 3.63) is 71.3 Å². The van der Waals surface area contributed by atoms with E-state index in [4.69, 9.17) is 4.74 Å². The number of H-pyrrole nitrogens is 1. The highest BCUT2D eigenvalue weighted by Crippen LogP contribution is 2.37. The van der Waals surface area contributed by atoms with E-state index in [1.54, 1.807) is 7.11 Å². The average molecular weight is 348 g/mol. The predicted molar refractivity (Wildman–Crippen MR) is 98.3 cm³/mol. The summed E-state index contributed by atoms with van der Waals surface area (Å²) in [4.78, 5) is 16.7. The lowest BCUT2D eigenvalue weighted by Crippen LogP contribution is -2.24. The van der Waals surface area contributed by atoms with E-state index in [1.807, 2.05) is 36.4 Å². The molecule has 1 aromatic heterocycles. The fourth-order valence-corrected chi connectivity index (χ4v) is 3.28. The van der Waals surface area contributed by atoms with Gasteiger partial charge in [0.25, 0.3) is 0 Å². The third kappa shape index (κ3) is 3.31. The largest absolute Gasteiger partial charge is 0.497 e. The standard InChI is InChI=1S/C20H20N4O2/c1-26-14-8-9-17-15(11-14)16(12-19(25)21-17)20-22-18(23-24-20)10-7-13-5-3-2-4-6-13/h2-6,8-9,11,16H,7,10,12H2,1H3,(H,21,25)(H,22,23,24). The van der Waals surface area contributed by atoms with E-state index in [-0.39, 0.29) is 11.8 Å². The Bertz CT molecular complexity index is 921. The molecule has 2 heterocycles. The van der Waals surface area contributed by atoms with Crippen LogP contribution in [0.15, 0.2) is 48.5 Å². The van der Waals surface area contributed by atoms with Gasteiger partial charge in [-0.1, -0.05) is 30.3 Å². The maximum Gasteiger partial charge on any atom is 0.225 e. The van der Waals surface area contributed by atoms with Gasteiger partial charge < -0.3 is 10.1 Å². The van der Waals surface area contributed by atoms with Gasteiger partial charge in [0.2, 0.25) is 5.91 Å². The molecule has 4 rings (SSSR count). The van der Waals surface area contributed by atoms with Crippen molar-refractivity contribution in [2.24, 2.45) is 0 Å². The number of anilines is 1. The Labute approximate surface area is 151 Å². The number of benzene rings is 2. The van der Waals surface area contributed by atoms with Crippen LogP contribution in [0.3, 0.4) is 0 Å². The maximum atomic E-state index is 12.1. The normalized spacial score (nSPS) is 16.0. The van der Waals surface area contributed by atoms with E-state index in [9.17, 15) is 4.79 Å². The van der Waals surface area contributed by atoms with Crippen molar-refractivity contribution < 1.29 is 9.53 Å². The van der Waals surface area contributed by atoms with E-state index >= 15 is 0 Å². The van der Waals surface area contributed by atoms with Crippen LogP contribution in [0.1, 0.15) is 35.1 Å². The van der Waals surface area contributed by atoms with Crippen molar-refractivity contribution in [3.8, 4) is 5.75 Å². The van der Waals surface area contributed by atoms with Gasteiger partial charge in [0.15, 0.2) is 5.82 Å². The number of hydrogen-bond acceptors (Lipinski definition) is 4. The minimum atomic E-state index is -0.171. The Morgan fingerprint density at radius 1 is 1.15 bits per heavy atom. The zero-order valence-corrected chi connectivity index (χ0v) is 14.5. The molecule has 0 saturated heterocycles. The van der Waals surface area contributed by atoms with Crippen molar-refractivity contribution in [3.63, 3.8) is 0 Å². The van der Waals surface area contributed by atoms with E-state index in [0.717, 1.165) is 35.7 Å². The van der Waals surface area contributed by atoms with Crippen LogP contribution in [-0.4, -0.2) is 28.2 Å². The lowest BCUT2D eigenvalue weighted by molar-refractivity contribution is -0.116. The third-order valence-electron chi connectivity index (χ3n) is 4.65. The molecule has 0 fully saturated rings. The van der Waals surface area contributed by atoms with Gasteiger partial charge in [-0.25, -0.2) is 4.98 Å². The van der Waals surface area contributed by atoms with Gasteiger partial charge in [-0.2, -0.15) is 5.10 Å². The summed E-state index contributed by atoms with van der Waals surface area (Å²) in [6.07, 6.45) is 2.00.